The van der Waals surface area contributed by atoms with E-state index in [9.17, 15) is 4.39 Å². The average Bonchev–Trinajstić information content (AvgIpc) is 3.36. The second-order valence-corrected chi connectivity index (χ2v) is 7.44. The predicted molar refractivity (Wildman–Crippen MR) is 117 cm³/mol. The van der Waals surface area contributed by atoms with Crippen LogP contribution in [0.2, 0.25) is 0 Å². The zero-order chi connectivity index (χ0) is 22.3. The molecule has 2 N–H and O–H groups in total. The lowest BCUT2D eigenvalue weighted by Crippen LogP contribution is -2.50. The maximum Gasteiger partial charge on any atom is 0.737 e. The molecule has 0 spiro atoms. The number of rotatable bonds is 6. The summed E-state index contributed by atoms with van der Waals surface area (Å²) in [6, 6.07) is 4.36. The van der Waals surface area contributed by atoms with Gasteiger partial charge in [-0.2, -0.15) is 0 Å². The Morgan fingerprint density at radius 2 is 1.84 bits per heavy atom. The molecule has 2 aliphatic rings. The first-order valence-electron chi connectivity index (χ1n) is 9.91. The summed E-state index contributed by atoms with van der Waals surface area (Å²) in [5.74, 6) is 0.0579. The number of methoxy groups -OCH3 is 2. The Kier molecular flexibility index (Phi) is 5.30. The third-order valence-electron chi connectivity index (χ3n) is 5.61. The van der Waals surface area contributed by atoms with E-state index in [0.29, 0.717) is 35.7 Å². The van der Waals surface area contributed by atoms with Gasteiger partial charge in [-0.15, -0.1) is 0 Å². The van der Waals surface area contributed by atoms with Crippen LogP contribution in [0, 0.1) is 12.7 Å². The van der Waals surface area contributed by atoms with Crippen molar-refractivity contribution in [2.24, 2.45) is 5.73 Å². The van der Waals surface area contributed by atoms with Crippen LogP contribution in [-0.4, -0.2) is 42.9 Å². The summed E-state index contributed by atoms with van der Waals surface area (Å²) in [6.45, 7) is -1.98. The molecule has 4 rings (SSSR count). The van der Waals surface area contributed by atoms with Gasteiger partial charge in [0.25, 0.3) is 0 Å². The van der Waals surface area contributed by atoms with Crippen molar-refractivity contribution in [3.8, 4) is 11.5 Å². The summed E-state index contributed by atoms with van der Waals surface area (Å²) < 4.78 is 57.9. The molecule has 1 aromatic carbocycles. The number of aromatic nitrogens is 1. The number of aryl methyl sites for hydroxylation is 1. The van der Waals surface area contributed by atoms with Crippen molar-refractivity contribution >= 4 is 30.9 Å². The predicted octanol–water partition coefficient (Wildman–Crippen LogP) is 4.07. The first-order valence-corrected chi connectivity index (χ1v) is 9.91. The van der Waals surface area contributed by atoms with E-state index < -0.39 is 12.8 Å². The summed E-state index contributed by atoms with van der Waals surface area (Å²) in [5.41, 5.74) is 8.68. The SMILES string of the molecule is COc1cc(F)c(/C=C/c2cc(C)c3n2[B-](F)(F)[N+]2=CC=CC2=C3CCN)cc1OC. The second-order valence-electron chi connectivity index (χ2n) is 7.44. The number of nitrogens with two attached hydrogens (primary N) is 1. The topological polar surface area (TPSA) is 52.4 Å². The fourth-order valence-corrected chi connectivity index (χ4v) is 4.26. The number of ether oxygens (including phenoxy) is 2. The number of benzene rings is 1. The molecule has 1 aromatic heterocycles. The van der Waals surface area contributed by atoms with Gasteiger partial charge in [0, 0.05) is 40.7 Å². The second kappa shape index (κ2) is 7.81. The highest BCUT2D eigenvalue weighted by Gasteiger charge is 2.52. The minimum absolute atomic E-state index is 0.199. The highest BCUT2D eigenvalue weighted by atomic mass is 19.2. The number of hydrogen-bond donors (Lipinski definition) is 1. The molecule has 3 heterocycles. The largest absolute Gasteiger partial charge is 0.737 e. The van der Waals surface area contributed by atoms with E-state index in [2.05, 4.69) is 0 Å². The van der Waals surface area contributed by atoms with Crippen molar-refractivity contribution in [2.75, 3.05) is 20.8 Å². The van der Waals surface area contributed by atoms with Crippen molar-refractivity contribution in [3.63, 3.8) is 0 Å². The zero-order valence-electron chi connectivity index (χ0n) is 17.5. The maximum absolute atomic E-state index is 15.5. The quantitative estimate of drug-likeness (QED) is 0.705. The standard InChI is InChI=1S/C22H23BF3N3O2/c1-14-11-16(7-6-15-12-20(30-2)21(31-3)13-18(15)24)29-22(14)17(8-9-27)19-5-4-10-28(19)23(29,25)26/h4-7,10-13H,8-9,27H2,1-3H3/b7-6+. The molecule has 0 saturated heterocycles. The van der Waals surface area contributed by atoms with E-state index in [1.165, 1.54) is 44.7 Å². The van der Waals surface area contributed by atoms with Crippen LogP contribution >= 0.6 is 0 Å². The molecule has 9 heteroatoms. The molecule has 0 fully saturated rings. The van der Waals surface area contributed by atoms with Crippen molar-refractivity contribution < 1.29 is 27.0 Å². The van der Waals surface area contributed by atoms with Gasteiger partial charge in [0.2, 0.25) is 0 Å². The van der Waals surface area contributed by atoms with Gasteiger partial charge in [-0.1, -0.05) is 0 Å². The zero-order valence-corrected chi connectivity index (χ0v) is 17.5. The number of fused-ring (bicyclic) bond motifs is 2. The van der Waals surface area contributed by atoms with Crippen molar-refractivity contribution in [2.45, 2.75) is 13.3 Å². The molecule has 0 unspecified atom stereocenters. The lowest BCUT2D eigenvalue weighted by atomic mass is 9.86. The highest BCUT2D eigenvalue weighted by molar-refractivity contribution is 6.58. The Morgan fingerprint density at radius 1 is 1.13 bits per heavy atom. The molecule has 0 amide bonds. The van der Waals surface area contributed by atoms with Crippen LogP contribution in [0.25, 0.3) is 17.7 Å². The van der Waals surface area contributed by atoms with Crippen LogP contribution in [0.5, 0.6) is 11.5 Å². The van der Waals surface area contributed by atoms with E-state index in [0.717, 1.165) is 14.5 Å². The van der Waals surface area contributed by atoms with Gasteiger partial charge < -0.3 is 32.8 Å². The molecule has 0 radical (unpaired) electrons. The Hall–Kier alpha value is -3.20. The molecule has 2 aromatic rings. The van der Waals surface area contributed by atoms with E-state index in [1.54, 1.807) is 25.1 Å². The Bertz CT molecular complexity index is 1180. The molecular formula is C22H23BF3N3O2. The van der Waals surface area contributed by atoms with Gasteiger partial charge in [0.05, 0.1) is 14.2 Å². The Labute approximate surface area is 178 Å². The van der Waals surface area contributed by atoms with Gasteiger partial charge in [0.1, 0.15) is 12.0 Å². The van der Waals surface area contributed by atoms with Crippen LogP contribution in [0.3, 0.4) is 0 Å². The molecule has 0 bridgehead atoms. The van der Waals surface area contributed by atoms with E-state index in [-0.39, 0.29) is 17.0 Å². The molecular weight excluding hydrogens is 406 g/mol. The van der Waals surface area contributed by atoms with E-state index in [1.807, 2.05) is 0 Å². The fourth-order valence-electron chi connectivity index (χ4n) is 4.26. The van der Waals surface area contributed by atoms with Crippen molar-refractivity contribution in [1.29, 1.82) is 0 Å². The first-order chi connectivity index (χ1) is 14.8. The minimum Gasteiger partial charge on any atom is -0.493 e. The number of allylic oxidation sites excluding steroid dienone is 2. The lowest BCUT2D eigenvalue weighted by molar-refractivity contribution is -0.356. The van der Waals surface area contributed by atoms with Crippen molar-refractivity contribution in [3.05, 3.63) is 64.4 Å². The van der Waals surface area contributed by atoms with Crippen LogP contribution < -0.4 is 15.2 Å². The molecule has 0 atom stereocenters. The lowest BCUT2D eigenvalue weighted by Gasteiger charge is -2.32. The van der Waals surface area contributed by atoms with Crippen LogP contribution in [0.15, 0.2) is 36.0 Å². The number of halogens is 3. The third-order valence-corrected chi connectivity index (χ3v) is 5.61. The number of hydrogen-bond acceptors (Lipinski definition) is 3. The molecule has 0 aliphatic carbocycles. The highest BCUT2D eigenvalue weighted by Crippen LogP contribution is 2.40. The smallest absolute Gasteiger partial charge is 0.493 e. The van der Waals surface area contributed by atoms with Gasteiger partial charge in [0.15, 0.2) is 17.2 Å². The summed E-state index contributed by atoms with van der Waals surface area (Å²) in [7, 11) is 2.86. The van der Waals surface area contributed by atoms with Crippen LogP contribution in [0.1, 0.15) is 28.9 Å². The fraction of sp³-hybridized carbons (Fsp3) is 0.227. The number of nitrogens with zero attached hydrogens (tertiary/aromatic N) is 2. The van der Waals surface area contributed by atoms with Crippen LogP contribution in [0.4, 0.5) is 13.0 Å². The Balaban J connectivity index is 1.84. The molecule has 31 heavy (non-hydrogen) atoms. The summed E-state index contributed by atoms with van der Waals surface area (Å²) in [6.07, 6.45) is 8.09. The molecule has 0 saturated carbocycles. The van der Waals surface area contributed by atoms with Gasteiger partial charge >= 0.3 is 6.97 Å². The maximum atomic E-state index is 15.5. The Morgan fingerprint density at radius 3 is 2.52 bits per heavy atom. The van der Waals surface area contributed by atoms with Crippen molar-refractivity contribution in [1.82, 2.24) is 4.48 Å². The first kappa shape index (κ1) is 21.1. The molecule has 162 valence electrons. The molecule has 5 nitrogen and oxygen atoms in total. The van der Waals surface area contributed by atoms with Gasteiger partial charge in [-0.05, 0) is 49.7 Å². The molecule has 2 aliphatic heterocycles. The minimum atomic E-state index is -4.11. The van der Waals surface area contributed by atoms with E-state index >= 15 is 8.63 Å². The average molecular weight is 429 g/mol. The third kappa shape index (κ3) is 3.29. The van der Waals surface area contributed by atoms with Gasteiger partial charge in [-0.25, -0.2) is 4.39 Å². The normalized spacial score (nSPS) is 16.5. The summed E-state index contributed by atoms with van der Waals surface area (Å²) in [4.78, 5) is 0. The van der Waals surface area contributed by atoms with Crippen LogP contribution in [-0.2, 0) is 0 Å². The van der Waals surface area contributed by atoms with E-state index in [4.69, 9.17) is 15.2 Å². The summed E-state index contributed by atoms with van der Waals surface area (Å²) in [5, 5.41) is 0. The summed E-state index contributed by atoms with van der Waals surface area (Å²) >= 11 is 0. The monoisotopic (exact) mass is 429 g/mol. The van der Waals surface area contributed by atoms with Gasteiger partial charge in [-0.3, -0.25) is 0 Å².